The SMILES string of the molecule is CCC1(c2ccccc2)C(=O)NC(=O)NC1=O.CCCCC1=NC2(CCCC2)C(=O)N1Cc1ccc(-c2ccccc2-c2nnn[nH]2)cc1.CNCCC=C1c2ccccc2CCc2ccccc21. The van der Waals surface area contributed by atoms with Crippen molar-refractivity contribution < 1.29 is 19.2 Å². The van der Waals surface area contributed by atoms with Crippen LogP contribution in [0.1, 0.15) is 105 Å². The van der Waals surface area contributed by atoms with Gasteiger partial charge in [-0.1, -0.05) is 167 Å². The van der Waals surface area contributed by atoms with Crippen LogP contribution in [0, 0.1) is 0 Å². The van der Waals surface area contributed by atoms with Gasteiger partial charge in [0.05, 0.1) is 6.54 Å². The van der Waals surface area contributed by atoms with Crippen LogP contribution in [0.15, 0.2) is 138 Å². The Bertz CT molecular complexity index is 2740. The van der Waals surface area contributed by atoms with Crippen LogP contribution in [0.3, 0.4) is 0 Å². The summed E-state index contributed by atoms with van der Waals surface area (Å²) in [5, 5.41) is 21.8. The number of nitrogens with zero attached hydrogens (tertiary/aromatic N) is 5. The van der Waals surface area contributed by atoms with E-state index in [1.54, 1.807) is 37.3 Å². The third kappa shape index (κ3) is 10.4. The van der Waals surface area contributed by atoms with E-state index in [0.29, 0.717) is 24.4 Å². The predicted molar refractivity (Wildman–Crippen MR) is 270 cm³/mol. The van der Waals surface area contributed by atoms with Crippen molar-refractivity contribution in [2.45, 2.75) is 102 Å². The van der Waals surface area contributed by atoms with Crippen LogP contribution in [0.4, 0.5) is 4.79 Å². The first-order valence-corrected chi connectivity index (χ1v) is 24.3. The topological polar surface area (TPSA) is 174 Å². The normalized spacial score (nSPS) is 16.5. The number of urea groups is 1. The molecule has 1 spiro atoms. The quantitative estimate of drug-likeness (QED) is 0.0694. The zero-order valence-electron chi connectivity index (χ0n) is 39.8. The maximum atomic E-state index is 13.4. The van der Waals surface area contributed by atoms with Crippen LogP contribution in [0.2, 0.25) is 0 Å². The van der Waals surface area contributed by atoms with Crippen molar-refractivity contribution in [2.75, 3.05) is 13.6 Å². The average molecular weight is 924 g/mol. The molecule has 0 bridgehead atoms. The summed E-state index contributed by atoms with van der Waals surface area (Å²) in [7, 11) is 2.01. The molecule has 0 radical (unpaired) electrons. The fourth-order valence-electron chi connectivity index (χ4n) is 9.95. The zero-order chi connectivity index (χ0) is 48.2. The van der Waals surface area contributed by atoms with Gasteiger partial charge in [0.15, 0.2) is 11.2 Å². The summed E-state index contributed by atoms with van der Waals surface area (Å²) < 4.78 is 0. The molecule has 13 nitrogen and oxygen atoms in total. The van der Waals surface area contributed by atoms with E-state index in [9.17, 15) is 19.2 Å². The lowest BCUT2D eigenvalue weighted by molar-refractivity contribution is -0.138. The summed E-state index contributed by atoms with van der Waals surface area (Å²) in [5.74, 6) is 0.685. The molecule has 0 unspecified atom stereocenters. The Morgan fingerprint density at radius 3 is 1.88 bits per heavy atom. The first kappa shape index (κ1) is 48.1. The number of nitrogens with one attached hydrogen (secondary N) is 4. The van der Waals surface area contributed by atoms with Crippen molar-refractivity contribution in [1.29, 1.82) is 0 Å². The van der Waals surface area contributed by atoms with Crippen LogP contribution < -0.4 is 16.0 Å². The average Bonchev–Trinajstić information content (AvgIpc) is 4.13. The van der Waals surface area contributed by atoms with Gasteiger partial charge in [0.1, 0.15) is 11.4 Å². The Morgan fingerprint density at radius 1 is 0.710 bits per heavy atom. The maximum Gasteiger partial charge on any atom is 0.328 e. The molecule has 4 N–H and O–H groups in total. The van der Waals surface area contributed by atoms with E-state index < -0.39 is 28.8 Å². The van der Waals surface area contributed by atoms with Crippen LogP contribution in [0.5, 0.6) is 0 Å². The maximum absolute atomic E-state index is 13.4. The van der Waals surface area contributed by atoms with E-state index in [1.165, 1.54) is 27.8 Å². The molecule has 1 aromatic heterocycles. The van der Waals surface area contributed by atoms with E-state index in [4.69, 9.17) is 4.99 Å². The van der Waals surface area contributed by atoms with E-state index in [0.717, 1.165) is 98.8 Å². The Labute approximate surface area is 404 Å². The van der Waals surface area contributed by atoms with Gasteiger partial charge in [-0.25, -0.2) is 9.89 Å². The smallest absolute Gasteiger partial charge is 0.319 e. The van der Waals surface area contributed by atoms with Crippen LogP contribution in [-0.4, -0.2) is 74.2 Å². The number of amidine groups is 1. The molecule has 6 aromatic rings. The highest BCUT2D eigenvalue weighted by molar-refractivity contribution is 6.22. The number of hydrogen-bond acceptors (Lipinski definition) is 9. The number of aromatic amines is 1. The molecular formula is C56H61N9O4. The summed E-state index contributed by atoms with van der Waals surface area (Å²) >= 11 is 0. The number of aromatic nitrogens is 4. The number of fused-ring (bicyclic) bond motifs is 2. The van der Waals surface area contributed by atoms with Crippen molar-refractivity contribution in [3.8, 4) is 22.5 Å². The van der Waals surface area contributed by atoms with Crippen molar-refractivity contribution in [2.24, 2.45) is 4.99 Å². The lowest BCUT2D eigenvalue weighted by Crippen LogP contribution is -2.64. The standard InChI is InChI=1S/C25H28N6O.C19H21N.C12H12N2O3/c1-2-3-10-22-26-25(15-6-7-16-25)24(32)31(22)17-18-11-13-19(14-12-18)20-8-4-5-9-21(20)23-27-29-30-28-23;1-20-14-6-11-19-17-9-4-2-7-15(17)12-13-16-8-3-5-10-18(16)19;1-2-12(8-6-4-3-5-7-8)9(15)13-11(17)14-10(12)16/h4-5,8-9,11-14H,2-3,6-7,10,15-17H2,1H3,(H,27,28,29,30);2-5,7-11,20H,6,12-14H2,1H3;3-7H,2H2,1H3,(H2,13,14,15,16,17). The molecule has 13 heteroatoms. The number of carbonyl (C=O) groups is 4. The van der Waals surface area contributed by atoms with Gasteiger partial charge in [-0.3, -0.25) is 34.9 Å². The highest BCUT2D eigenvalue weighted by Crippen LogP contribution is 2.41. The van der Waals surface area contributed by atoms with Crippen molar-refractivity contribution in [3.63, 3.8) is 0 Å². The number of imide groups is 2. The predicted octanol–water partition coefficient (Wildman–Crippen LogP) is 9.30. The molecule has 354 valence electrons. The van der Waals surface area contributed by atoms with E-state index in [1.807, 2.05) is 30.1 Å². The molecule has 1 saturated carbocycles. The monoisotopic (exact) mass is 923 g/mol. The molecule has 69 heavy (non-hydrogen) atoms. The largest absolute Gasteiger partial charge is 0.328 e. The van der Waals surface area contributed by atoms with Gasteiger partial charge in [-0.2, -0.15) is 0 Å². The third-order valence-electron chi connectivity index (χ3n) is 13.7. The van der Waals surface area contributed by atoms with E-state index >= 15 is 0 Å². The van der Waals surface area contributed by atoms with Gasteiger partial charge in [-0.15, -0.1) is 5.10 Å². The Hall–Kier alpha value is -7.38. The third-order valence-corrected chi connectivity index (χ3v) is 13.7. The zero-order valence-corrected chi connectivity index (χ0v) is 39.8. The summed E-state index contributed by atoms with van der Waals surface area (Å²) in [6.07, 6.45) is 13.0. The van der Waals surface area contributed by atoms with Crippen LogP contribution in [0.25, 0.3) is 28.1 Å². The van der Waals surface area contributed by atoms with Gasteiger partial charge in [-0.05, 0) is 119 Å². The first-order chi connectivity index (χ1) is 33.7. The second-order valence-electron chi connectivity index (χ2n) is 17.9. The van der Waals surface area contributed by atoms with Gasteiger partial charge in [0.25, 0.3) is 5.91 Å². The van der Waals surface area contributed by atoms with Crippen molar-refractivity contribution in [3.05, 3.63) is 167 Å². The minimum absolute atomic E-state index is 0.202. The molecule has 2 aliphatic carbocycles. The van der Waals surface area contributed by atoms with Crippen LogP contribution in [-0.2, 0) is 39.2 Å². The Kier molecular flexibility index (Phi) is 15.4. The fraction of sp³-hybridized carbons (Fsp3) is 0.321. The molecule has 3 heterocycles. The minimum Gasteiger partial charge on any atom is -0.319 e. The minimum atomic E-state index is -1.31. The number of H-pyrrole nitrogens is 1. The number of carbonyl (C=O) groups excluding carboxylic acids is 4. The lowest BCUT2D eigenvalue weighted by atomic mass is 9.75. The van der Waals surface area contributed by atoms with Crippen LogP contribution >= 0.6 is 0 Å². The molecule has 2 fully saturated rings. The number of aryl methyl sites for hydroxylation is 2. The van der Waals surface area contributed by atoms with Gasteiger partial charge < -0.3 is 5.32 Å². The number of rotatable bonds is 12. The van der Waals surface area contributed by atoms with Gasteiger partial charge in [0, 0.05) is 12.0 Å². The Balaban J connectivity index is 0.000000149. The molecular weight excluding hydrogens is 863 g/mol. The fourth-order valence-corrected chi connectivity index (χ4v) is 9.95. The number of tetrazole rings is 1. The summed E-state index contributed by atoms with van der Waals surface area (Å²) in [5.41, 5.74) is 10.2. The highest BCUT2D eigenvalue weighted by atomic mass is 16.2. The second kappa shape index (κ2) is 22.2. The molecule has 10 rings (SSSR count). The summed E-state index contributed by atoms with van der Waals surface area (Å²) in [6.45, 7) is 5.52. The lowest BCUT2D eigenvalue weighted by Gasteiger charge is -2.33. The number of amides is 5. The molecule has 5 amide bonds. The van der Waals surface area contributed by atoms with Gasteiger partial charge >= 0.3 is 6.03 Å². The van der Waals surface area contributed by atoms with Crippen molar-refractivity contribution >= 4 is 35.2 Å². The number of aliphatic imine (C=N–C) groups is 1. The first-order valence-electron chi connectivity index (χ1n) is 24.3. The number of barbiturate groups is 1. The number of hydrogen-bond donors (Lipinski definition) is 4. The molecule has 0 atom stereocenters. The molecule has 1 saturated heterocycles. The van der Waals surface area contributed by atoms with Crippen molar-refractivity contribution in [1.82, 2.24) is 41.5 Å². The van der Waals surface area contributed by atoms with E-state index in [-0.39, 0.29) is 5.91 Å². The van der Waals surface area contributed by atoms with E-state index in [2.05, 4.69) is 128 Å². The second-order valence-corrected chi connectivity index (χ2v) is 17.9. The summed E-state index contributed by atoms with van der Waals surface area (Å²) in [6, 6.07) is 42.1. The number of benzene rings is 5. The molecule has 4 aliphatic rings. The number of unbranched alkanes of at least 4 members (excludes halogenated alkanes) is 1. The highest BCUT2D eigenvalue weighted by Gasteiger charge is 2.51. The van der Waals surface area contributed by atoms with Gasteiger partial charge in [0.2, 0.25) is 11.8 Å². The summed E-state index contributed by atoms with van der Waals surface area (Å²) in [4.78, 5) is 55.3. The molecule has 2 aliphatic heterocycles. The molecule has 5 aromatic carbocycles. The Morgan fingerprint density at radius 2 is 1.30 bits per heavy atom.